The van der Waals surface area contributed by atoms with Gasteiger partial charge in [-0.25, -0.2) is 4.98 Å². The van der Waals surface area contributed by atoms with Crippen LogP contribution >= 0.6 is 0 Å². The Morgan fingerprint density at radius 2 is 2.00 bits per heavy atom. The molecule has 0 radical (unpaired) electrons. The predicted octanol–water partition coefficient (Wildman–Crippen LogP) is 3.84. The Balaban J connectivity index is 1.41. The van der Waals surface area contributed by atoms with Crippen LogP contribution in [0.2, 0.25) is 0 Å². The summed E-state index contributed by atoms with van der Waals surface area (Å²) in [7, 11) is 3.50. The number of imidazole rings is 1. The molecule has 1 N–H and O–H groups in total. The lowest BCUT2D eigenvalue weighted by Gasteiger charge is -2.12. The molecule has 8 nitrogen and oxygen atoms in total. The number of benzene rings is 1. The van der Waals surface area contributed by atoms with Crippen LogP contribution in [0.15, 0.2) is 48.8 Å². The van der Waals surface area contributed by atoms with E-state index >= 15 is 0 Å². The number of anilines is 1. The van der Waals surface area contributed by atoms with Crippen molar-refractivity contribution in [2.75, 3.05) is 12.4 Å². The molecule has 0 unspecified atom stereocenters. The minimum absolute atomic E-state index is 0.0656. The summed E-state index contributed by atoms with van der Waals surface area (Å²) in [5.74, 6) is 1.07. The van der Waals surface area contributed by atoms with Crippen LogP contribution in [0.5, 0.6) is 11.5 Å². The first kappa shape index (κ1) is 21.4. The van der Waals surface area contributed by atoms with E-state index < -0.39 is 0 Å². The molecular weight excluding hydrogens is 406 g/mol. The van der Waals surface area contributed by atoms with Gasteiger partial charge in [0.05, 0.1) is 18.5 Å². The molecule has 0 spiro atoms. The number of pyridine rings is 1. The highest BCUT2D eigenvalue weighted by molar-refractivity contribution is 5.91. The van der Waals surface area contributed by atoms with Gasteiger partial charge in [0.1, 0.15) is 12.3 Å². The van der Waals surface area contributed by atoms with Crippen molar-refractivity contribution in [3.05, 3.63) is 71.4 Å². The molecule has 0 aliphatic heterocycles. The van der Waals surface area contributed by atoms with Crippen molar-refractivity contribution < 1.29 is 14.3 Å². The molecule has 0 aliphatic carbocycles. The average Bonchev–Trinajstić information content (AvgIpc) is 3.30. The van der Waals surface area contributed by atoms with E-state index in [0.29, 0.717) is 30.0 Å². The van der Waals surface area contributed by atoms with Gasteiger partial charge < -0.3 is 19.2 Å². The summed E-state index contributed by atoms with van der Waals surface area (Å²) < 4.78 is 15.2. The Morgan fingerprint density at radius 3 is 2.72 bits per heavy atom. The Morgan fingerprint density at radius 1 is 1.16 bits per heavy atom. The molecule has 0 saturated carbocycles. The molecule has 32 heavy (non-hydrogen) atoms. The van der Waals surface area contributed by atoms with Gasteiger partial charge in [0.15, 0.2) is 11.5 Å². The zero-order valence-electron chi connectivity index (χ0n) is 18.8. The summed E-state index contributed by atoms with van der Waals surface area (Å²) in [4.78, 5) is 17.1. The molecule has 0 atom stereocenters. The standard InChI is InChI=1S/C24H27N5O3/c1-16-20(17(2)28(3)27-16)9-11-24(30)26-18-8-10-21(31-4)22(13-18)32-15-19-14-29-12-6-5-7-23(29)25-19/h5-8,10,12-14H,9,11,15H2,1-4H3,(H,26,30). The van der Waals surface area contributed by atoms with Crippen molar-refractivity contribution in [2.24, 2.45) is 7.05 Å². The molecule has 0 aliphatic rings. The van der Waals surface area contributed by atoms with Crippen LogP contribution in [0.1, 0.15) is 29.1 Å². The zero-order valence-corrected chi connectivity index (χ0v) is 18.8. The number of hydrogen-bond donors (Lipinski definition) is 1. The first-order valence-corrected chi connectivity index (χ1v) is 10.5. The third-order valence-corrected chi connectivity index (χ3v) is 5.50. The maximum atomic E-state index is 12.5. The molecule has 4 rings (SSSR count). The number of aromatic nitrogens is 4. The lowest BCUT2D eigenvalue weighted by Crippen LogP contribution is -2.13. The largest absolute Gasteiger partial charge is 0.493 e. The predicted molar refractivity (Wildman–Crippen MR) is 122 cm³/mol. The van der Waals surface area contributed by atoms with Crippen molar-refractivity contribution in [1.29, 1.82) is 0 Å². The van der Waals surface area contributed by atoms with E-state index in [1.165, 1.54) is 0 Å². The number of nitrogens with one attached hydrogen (secondary N) is 1. The average molecular weight is 434 g/mol. The van der Waals surface area contributed by atoms with E-state index in [9.17, 15) is 4.79 Å². The molecule has 166 valence electrons. The second-order valence-electron chi connectivity index (χ2n) is 7.67. The number of amides is 1. The summed E-state index contributed by atoms with van der Waals surface area (Å²) in [5.41, 5.74) is 5.48. The topological polar surface area (TPSA) is 82.7 Å². The Kier molecular flexibility index (Phi) is 6.11. The van der Waals surface area contributed by atoms with Crippen LogP contribution in [-0.4, -0.2) is 32.2 Å². The highest BCUT2D eigenvalue weighted by Crippen LogP contribution is 2.31. The van der Waals surface area contributed by atoms with Crippen LogP contribution in [0, 0.1) is 13.8 Å². The summed E-state index contributed by atoms with van der Waals surface area (Å²) in [6, 6.07) is 11.2. The number of rotatable bonds is 8. The van der Waals surface area contributed by atoms with Crippen LogP contribution in [0.25, 0.3) is 5.65 Å². The quantitative estimate of drug-likeness (QED) is 0.456. The Hall–Kier alpha value is -3.81. The van der Waals surface area contributed by atoms with Gasteiger partial charge in [-0.15, -0.1) is 0 Å². The number of carbonyl (C=O) groups is 1. The molecule has 1 aromatic carbocycles. The molecule has 0 saturated heterocycles. The first-order valence-electron chi connectivity index (χ1n) is 10.5. The van der Waals surface area contributed by atoms with E-state index in [4.69, 9.17) is 9.47 Å². The second kappa shape index (κ2) is 9.13. The molecule has 0 fully saturated rings. The van der Waals surface area contributed by atoms with Crippen LogP contribution in [0.4, 0.5) is 5.69 Å². The second-order valence-corrected chi connectivity index (χ2v) is 7.67. The van der Waals surface area contributed by atoms with Gasteiger partial charge in [0, 0.05) is 43.3 Å². The number of nitrogens with zero attached hydrogens (tertiary/aromatic N) is 4. The molecule has 3 heterocycles. The zero-order chi connectivity index (χ0) is 22.7. The van der Waals surface area contributed by atoms with Crippen molar-refractivity contribution in [2.45, 2.75) is 33.3 Å². The van der Waals surface area contributed by atoms with Crippen molar-refractivity contribution in [3.8, 4) is 11.5 Å². The fraction of sp³-hybridized carbons (Fsp3) is 0.292. The van der Waals surface area contributed by atoms with Crippen LogP contribution in [0.3, 0.4) is 0 Å². The maximum Gasteiger partial charge on any atom is 0.224 e. The number of aryl methyl sites for hydroxylation is 2. The summed E-state index contributed by atoms with van der Waals surface area (Å²) in [5, 5.41) is 7.36. The minimum Gasteiger partial charge on any atom is -0.493 e. The van der Waals surface area contributed by atoms with Gasteiger partial charge in [-0.2, -0.15) is 5.10 Å². The lowest BCUT2D eigenvalue weighted by atomic mass is 10.1. The summed E-state index contributed by atoms with van der Waals surface area (Å²) >= 11 is 0. The van der Waals surface area contributed by atoms with Gasteiger partial charge in [-0.05, 0) is 50.1 Å². The minimum atomic E-state index is -0.0656. The Labute approximate surface area is 186 Å². The third kappa shape index (κ3) is 4.59. The van der Waals surface area contributed by atoms with E-state index in [0.717, 1.165) is 28.3 Å². The number of hydrogen-bond acceptors (Lipinski definition) is 5. The highest BCUT2D eigenvalue weighted by Gasteiger charge is 2.13. The van der Waals surface area contributed by atoms with Crippen molar-refractivity contribution in [3.63, 3.8) is 0 Å². The number of fused-ring (bicyclic) bond motifs is 1. The van der Waals surface area contributed by atoms with E-state index in [-0.39, 0.29) is 12.5 Å². The van der Waals surface area contributed by atoms with Crippen molar-refractivity contribution in [1.82, 2.24) is 19.2 Å². The molecule has 1 amide bonds. The first-order chi connectivity index (χ1) is 15.4. The Bertz CT molecular complexity index is 1220. The van der Waals surface area contributed by atoms with E-state index in [1.807, 2.05) is 60.6 Å². The number of ether oxygens (including phenoxy) is 2. The summed E-state index contributed by atoms with van der Waals surface area (Å²) in [6.07, 6.45) is 4.88. The monoisotopic (exact) mass is 433 g/mol. The normalized spacial score (nSPS) is 11.0. The summed E-state index contributed by atoms with van der Waals surface area (Å²) in [6.45, 7) is 4.27. The van der Waals surface area contributed by atoms with E-state index in [2.05, 4.69) is 15.4 Å². The number of carbonyl (C=O) groups excluding carboxylic acids is 1. The smallest absolute Gasteiger partial charge is 0.224 e. The SMILES string of the molecule is COc1ccc(NC(=O)CCc2c(C)nn(C)c2C)cc1OCc1cn2ccccc2n1. The number of methoxy groups -OCH3 is 1. The van der Waals surface area contributed by atoms with Gasteiger partial charge >= 0.3 is 0 Å². The van der Waals surface area contributed by atoms with Crippen molar-refractivity contribution >= 4 is 17.2 Å². The fourth-order valence-corrected chi connectivity index (χ4v) is 3.72. The van der Waals surface area contributed by atoms with E-state index in [1.54, 1.807) is 25.3 Å². The fourth-order valence-electron chi connectivity index (χ4n) is 3.72. The van der Waals surface area contributed by atoms with Gasteiger partial charge in [0.2, 0.25) is 5.91 Å². The molecule has 8 heteroatoms. The lowest BCUT2D eigenvalue weighted by molar-refractivity contribution is -0.116. The molecular formula is C24H27N5O3. The molecule has 4 aromatic rings. The highest BCUT2D eigenvalue weighted by atomic mass is 16.5. The van der Waals surface area contributed by atoms with Gasteiger partial charge in [0.25, 0.3) is 0 Å². The van der Waals surface area contributed by atoms with Crippen LogP contribution in [-0.2, 0) is 24.9 Å². The maximum absolute atomic E-state index is 12.5. The third-order valence-electron chi connectivity index (χ3n) is 5.50. The van der Waals surface area contributed by atoms with Crippen LogP contribution < -0.4 is 14.8 Å². The molecule has 3 aromatic heterocycles. The van der Waals surface area contributed by atoms with Gasteiger partial charge in [-0.1, -0.05) is 6.07 Å². The van der Waals surface area contributed by atoms with Gasteiger partial charge in [-0.3, -0.25) is 9.48 Å². The molecule has 0 bridgehead atoms.